The number of hydrogen-bond acceptors (Lipinski definition) is 8. The van der Waals surface area contributed by atoms with E-state index in [4.69, 9.17) is 14.2 Å². The van der Waals surface area contributed by atoms with Crippen LogP contribution < -0.4 is 4.74 Å². The number of halogens is 3. The molecule has 1 aromatic heterocycles. The zero-order valence-corrected chi connectivity index (χ0v) is 32.5. The van der Waals surface area contributed by atoms with Crippen molar-refractivity contribution >= 4 is 24.2 Å². The molecule has 3 aromatic rings. The Morgan fingerprint density at radius 1 is 0.909 bits per heavy atom. The third-order valence-corrected chi connectivity index (χ3v) is 9.54. The zero-order valence-electron chi connectivity index (χ0n) is 32.5. The summed E-state index contributed by atoms with van der Waals surface area (Å²) in [7, 11) is 0. The maximum absolute atomic E-state index is 14.9. The summed E-state index contributed by atoms with van der Waals surface area (Å²) < 4.78 is 62.3. The molecule has 1 atom stereocenters. The lowest BCUT2D eigenvalue weighted by molar-refractivity contribution is -0.163. The fourth-order valence-electron chi connectivity index (χ4n) is 6.88. The number of aromatic nitrogens is 1. The number of pyridine rings is 1. The molecule has 2 aliphatic heterocycles. The Labute approximate surface area is 322 Å². The minimum atomic E-state index is -4.73. The van der Waals surface area contributed by atoms with Crippen LogP contribution in [0, 0.1) is 17.2 Å². The predicted molar refractivity (Wildman–Crippen MR) is 205 cm³/mol. The van der Waals surface area contributed by atoms with Crippen molar-refractivity contribution in [2.75, 3.05) is 26.2 Å². The first-order valence-electron chi connectivity index (χ1n) is 18.9. The van der Waals surface area contributed by atoms with E-state index in [1.807, 2.05) is 56.0 Å². The van der Waals surface area contributed by atoms with Crippen LogP contribution in [0.3, 0.4) is 0 Å². The van der Waals surface area contributed by atoms with E-state index in [-0.39, 0.29) is 47.7 Å². The SMILES string of the molecule is CC(C)(C)OC(=O)[C@@H]1CCCCN1Cc1cc(C(F)(F)F)c(/C=C/c2nccc(-c3ccccc3)c2C#N)cc1OCC1CCN(C(=O)OC(C)(C)C)CC1. The van der Waals surface area contributed by atoms with Crippen molar-refractivity contribution in [3.63, 3.8) is 0 Å². The van der Waals surface area contributed by atoms with Gasteiger partial charge in [-0.1, -0.05) is 42.8 Å². The van der Waals surface area contributed by atoms with Crippen LogP contribution in [-0.4, -0.2) is 70.3 Å². The first kappa shape index (κ1) is 41.3. The third kappa shape index (κ3) is 11.3. The van der Waals surface area contributed by atoms with Crippen molar-refractivity contribution in [2.24, 2.45) is 5.92 Å². The van der Waals surface area contributed by atoms with Gasteiger partial charge in [-0.15, -0.1) is 0 Å². The summed E-state index contributed by atoms with van der Waals surface area (Å²) in [5, 5.41) is 10.1. The maximum atomic E-state index is 14.9. The van der Waals surface area contributed by atoms with Gasteiger partial charge in [-0.2, -0.15) is 18.4 Å². The lowest BCUT2D eigenvalue weighted by atomic mass is 9.96. The molecule has 55 heavy (non-hydrogen) atoms. The van der Waals surface area contributed by atoms with Crippen molar-refractivity contribution in [1.82, 2.24) is 14.8 Å². The fraction of sp³-hybridized carbons (Fsp3) is 0.488. The summed E-state index contributed by atoms with van der Waals surface area (Å²) in [5.41, 5.74) is -0.186. The van der Waals surface area contributed by atoms with E-state index in [0.29, 0.717) is 50.0 Å². The second kappa shape index (κ2) is 17.3. The summed E-state index contributed by atoms with van der Waals surface area (Å²) in [4.78, 5) is 33.8. The molecule has 0 saturated carbocycles. The van der Waals surface area contributed by atoms with E-state index in [2.05, 4.69) is 11.1 Å². The Hall–Kier alpha value is -4.89. The highest BCUT2D eigenvalue weighted by Gasteiger charge is 2.37. The van der Waals surface area contributed by atoms with Gasteiger partial charge >= 0.3 is 18.2 Å². The van der Waals surface area contributed by atoms with Crippen molar-refractivity contribution in [2.45, 2.75) is 104 Å². The van der Waals surface area contributed by atoms with Gasteiger partial charge in [-0.3, -0.25) is 14.7 Å². The molecular weight excluding hydrogens is 709 g/mol. The van der Waals surface area contributed by atoms with E-state index in [0.717, 1.165) is 24.5 Å². The van der Waals surface area contributed by atoms with E-state index in [1.165, 1.54) is 24.4 Å². The van der Waals surface area contributed by atoms with Crippen LogP contribution in [0.25, 0.3) is 23.3 Å². The zero-order chi connectivity index (χ0) is 40.0. The number of rotatable bonds is 9. The predicted octanol–water partition coefficient (Wildman–Crippen LogP) is 9.53. The van der Waals surface area contributed by atoms with Gasteiger partial charge in [0.25, 0.3) is 0 Å². The molecule has 5 rings (SSSR count). The van der Waals surface area contributed by atoms with Gasteiger partial charge < -0.3 is 19.1 Å². The molecular formula is C43H51F3N4O5. The number of piperidine rings is 2. The number of nitriles is 1. The quantitative estimate of drug-likeness (QED) is 0.199. The van der Waals surface area contributed by atoms with E-state index in [9.17, 15) is 28.0 Å². The van der Waals surface area contributed by atoms with Crippen LogP contribution >= 0.6 is 0 Å². The molecule has 2 aromatic carbocycles. The van der Waals surface area contributed by atoms with Crippen LogP contribution in [0.15, 0.2) is 54.7 Å². The number of nitrogens with zero attached hydrogens (tertiary/aromatic N) is 4. The second-order valence-electron chi connectivity index (χ2n) is 16.2. The second-order valence-corrected chi connectivity index (χ2v) is 16.2. The lowest BCUT2D eigenvalue weighted by Crippen LogP contribution is -2.46. The Morgan fingerprint density at radius 2 is 1.60 bits per heavy atom. The number of alkyl halides is 3. The Balaban J connectivity index is 1.48. The summed E-state index contributed by atoms with van der Waals surface area (Å²) in [6.07, 6.45) is 2.55. The summed E-state index contributed by atoms with van der Waals surface area (Å²) in [6.45, 7) is 12.5. The lowest BCUT2D eigenvalue weighted by Gasteiger charge is -2.36. The Morgan fingerprint density at radius 3 is 2.24 bits per heavy atom. The average molecular weight is 761 g/mol. The Kier molecular flexibility index (Phi) is 13.0. The molecule has 3 heterocycles. The molecule has 0 radical (unpaired) electrons. The van der Waals surface area contributed by atoms with Gasteiger partial charge in [0.2, 0.25) is 0 Å². The smallest absolute Gasteiger partial charge is 0.417 e. The number of likely N-dealkylation sites (tertiary alicyclic amines) is 2. The maximum Gasteiger partial charge on any atom is 0.417 e. The number of hydrogen-bond donors (Lipinski definition) is 0. The molecule has 0 unspecified atom stereocenters. The molecule has 0 spiro atoms. The van der Waals surface area contributed by atoms with Crippen LogP contribution in [0.2, 0.25) is 0 Å². The van der Waals surface area contributed by atoms with Gasteiger partial charge in [-0.05, 0) is 115 Å². The summed E-state index contributed by atoms with van der Waals surface area (Å²) in [6, 6.07) is 15.0. The van der Waals surface area contributed by atoms with Crippen molar-refractivity contribution in [3.05, 3.63) is 82.7 Å². The van der Waals surface area contributed by atoms with Gasteiger partial charge in [0.05, 0.1) is 23.4 Å². The highest BCUT2D eigenvalue weighted by atomic mass is 19.4. The molecule has 1 amide bonds. The van der Waals surface area contributed by atoms with E-state index < -0.39 is 35.0 Å². The van der Waals surface area contributed by atoms with Gasteiger partial charge in [-0.25, -0.2) is 4.79 Å². The standard InChI is InChI=1S/C43H51F3N4O5/c1-41(2,3)54-39(51)37-14-10-11-21-50(37)27-32-24-35(43(44,45)46)31(15-16-36-34(26-47)33(17-20-48-36)30-12-8-7-9-13-30)25-38(32)53-28-29-18-22-49(23-19-29)40(52)55-42(4,5)6/h7-9,12-13,15-17,20,24-25,29,37H,10-11,14,18-19,21-23,27-28H2,1-6H3/b16-15+/t37-/m0/s1. The third-order valence-electron chi connectivity index (χ3n) is 9.54. The monoisotopic (exact) mass is 760 g/mol. The van der Waals surface area contributed by atoms with Gasteiger partial charge in [0.15, 0.2) is 0 Å². The first-order valence-corrected chi connectivity index (χ1v) is 18.9. The average Bonchev–Trinajstić information content (AvgIpc) is 3.12. The van der Waals surface area contributed by atoms with Crippen LogP contribution in [-0.2, 0) is 27.0 Å². The minimum absolute atomic E-state index is 0.0421. The van der Waals surface area contributed by atoms with Crippen LogP contribution in [0.5, 0.6) is 5.75 Å². The minimum Gasteiger partial charge on any atom is -0.493 e. The van der Waals surface area contributed by atoms with Gasteiger partial charge in [0, 0.05) is 37.0 Å². The number of benzene rings is 2. The number of amides is 1. The molecule has 294 valence electrons. The van der Waals surface area contributed by atoms with E-state index >= 15 is 0 Å². The molecule has 0 aliphatic carbocycles. The molecule has 2 fully saturated rings. The van der Waals surface area contributed by atoms with Crippen molar-refractivity contribution in [1.29, 1.82) is 5.26 Å². The highest BCUT2D eigenvalue weighted by molar-refractivity contribution is 5.80. The Bertz CT molecular complexity index is 1890. The number of ether oxygens (including phenoxy) is 3. The fourth-order valence-corrected chi connectivity index (χ4v) is 6.88. The molecule has 0 bridgehead atoms. The molecule has 0 N–H and O–H groups in total. The van der Waals surface area contributed by atoms with Crippen molar-refractivity contribution < 1.29 is 37.0 Å². The van der Waals surface area contributed by atoms with E-state index in [1.54, 1.807) is 31.7 Å². The van der Waals surface area contributed by atoms with Gasteiger partial charge in [0.1, 0.15) is 29.1 Å². The van der Waals surface area contributed by atoms with Crippen molar-refractivity contribution in [3.8, 4) is 22.9 Å². The number of carbonyl (C=O) groups is 2. The highest BCUT2D eigenvalue weighted by Crippen LogP contribution is 2.39. The molecule has 12 heteroatoms. The largest absolute Gasteiger partial charge is 0.493 e. The molecule has 9 nitrogen and oxygen atoms in total. The normalized spacial score (nSPS) is 17.5. The topological polar surface area (TPSA) is 105 Å². The molecule has 2 aliphatic rings. The first-order chi connectivity index (χ1) is 25.9. The summed E-state index contributed by atoms with van der Waals surface area (Å²) in [5.74, 6) is -0.0942. The number of esters is 1. The summed E-state index contributed by atoms with van der Waals surface area (Å²) >= 11 is 0. The van der Waals surface area contributed by atoms with Crippen LogP contribution in [0.4, 0.5) is 18.0 Å². The number of carbonyl (C=O) groups excluding carboxylic acids is 2. The molecule has 2 saturated heterocycles. The van der Waals surface area contributed by atoms with Crippen LogP contribution in [0.1, 0.15) is 102 Å².